The molecule has 3 rings (SSSR count). The fourth-order valence-electron chi connectivity index (χ4n) is 2.87. The number of aryl methyl sites for hydroxylation is 1. The second-order valence-corrected chi connectivity index (χ2v) is 6.22. The van der Waals surface area contributed by atoms with Gasteiger partial charge in [-0.2, -0.15) is 5.10 Å². The number of nitrogens with one attached hydrogen (secondary N) is 2. The first-order valence-corrected chi connectivity index (χ1v) is 8.32. The highest BCUT2D eigenvalue weighted by Gasteiger charge is 2.23. The van der Waals surface area contributed by atoms with Crippen molar-refractivity contribution < 1.29 is 9.53 Å². The van der Waals surface area contributed by atoms with Crippen LogP contribution < -0.4 is 10.6 Å². The third kappa shape index (κ3) is 3.76. The molecule has 0 radical (unpaired) electrons. The monoisotopic (exact) mass is 328 g/mol. The number of amides is 2. The van der Waals surface area contributed by atoms with Crippen LogP contribution in [-0.4, -0.2) is 22.9 Å². The average Bonchev–Trinajstić information content (AvgIpc) is 2.85. The zero-order valence-corrected chi connectivity index (χ0v) is 14.2. The molecule has 2 N–H and O–H groups in total. The number of nitrogens with zero attached hydrogens (tertiary/aromatic N) is 2. The summed E-state index contributed by atoms with van der Waals surface area (Å²) in [5.74, 6) is 1.27. The van der Waals surface area contributed by atoms with Crippen LogP contribution in [0.1, 0.15) is 42.0 Å². The standard InChI is InChI=1S/C18H24N4O2/c1-22-17(10-16(21-22)13-8-5-9-13)20-18(23)19-11-14-6-3-4-7-15(14)12-24-2/h3-4,6-7,10,13H,5,8-9,11-12H2,1-2H3,(H2,19,20,23). The van der Waals surface area contributed by atoms with Crippen LogP contribution in [0, 0.1) is 0 Å². The van der Waals surface area contributed by atoms with Crippen molar-refractivity contribution in [2.75, 3.05) is 12.4 Å². The van der Waals surface area contributed by atoms with Crippen LogP contribution in [0.5, 0.6) is 0 Å². The second kappa shape index (κ2) is 7.49. The number of hydrogen-bond acceptors (Lipinski definition) is 3. The second-order valence-electron chi connectivity index (χ2n) is 6.22. The molecule has 1 saturated carbocycles. The molecular weight excluding hydrogens is 304 g/mol. The summed E-state index contributed by atoms with van der Waals surface area (Å²) in [5.41, 5.74) is 3.20. The average molecular weight is 328 g/mol. The quantitative estimate of drug-likeness (QED) is 0.856. The van der Waals surface area contributed by atoms with Crippen molar-refractivity contribution in [1.29, 1.82) is 0 Å². The Kier molecular flexibility index (Phi) is 5.15. The van der Waals surface area contributed by atoms with Crippen LogP contribution in [0.25, 0.3) is 0 Å². The van der Waals surface area contributed by atoms with Crippen LogP contribution >= 0.6 is 0 Å². The van der Waals surface area contributed by atoms with E-state index in [2.05, 4.69) is 15.7 Å². The fraction of sp³-hybridized carbons (Fsp3) is 0.444. The number of urea groups is 1. The maximum Gasteiger partial charge on any atom is 0.320 e. The summed E-state index contributed by atoms with van der Waals surface area (Å²) >= 11 is 0. The third-order valence-corrected chi connectivity index (χ3v) is 4.52. The number of carbonyl (C=O) groups excluding carboxylic acids is 1. The summed E-state index contributed by atoms with van der Waals surface area (Å²) in [6.07, 6.45) is 3.66. The van der Waals surface area contributed by atoms with Crippen molar-refractivity contribution in [3.05, 3.63) is 47.2 Å². The van der Waals surface area contributed by atoms with Crippen LogP contribution in [-0.2, 0) is 24.9 Å². The molecule has 2 amide bonds. The Labute approximate surface area is 142 Å². The van der Waals surface area contributed by atoms with Crippen molar-refractivity contribution in [2.24, 2.45) is 7.05 Å². The molecule has 24 heavy (non-hydrogen) atoms. The van der Waals surface area contributed by atoms with Gasteiger partial charge in [0.1, 0.15) is 5.82 Å². The van der Waals surface area contributed by atoms with Gasteiger partial charge >= 0.3 is 6.03 Å². The first-order valence-electron chi connectivity index (χ1n) is 8.32. The van der Waals surface area contributed by atoms with Gasteiger partial charge in [0, 0.05) is 32.7 Å². The van der Waals surface area contributed by atoms with Gasteiger partial charge in [-0.1, -0.05) is 30.7 Å². The maximum absolute atomic E-state index is 12.2. The van der Waals surface area contributed by atoms with Crippen molar-refractivity contribution >= 4 is 11.8 Å². The predicted octanol–water partition coefficient (Wildman–Crippen LogP) is 3.16. The predicted molar refractivity (Wildman–Crippen MR) is 92.8 cm³/mol. The number of carbonyl (C=O) groups is 1. The van der Waals surface area contributed by atoms with Gasteiger partial charge in [0.05, 0.1) is 12.3 Å². The van der Waals surface area contributed by atoms with Crippen molar-refractivity contribution in [3.8, 4) is 0 Å². The molecule has 1 aromatic carbocycles. The Hall–Kier alpha value is -2.34. The molecule has 0 spiro atoms. The zero-order chi connectivity index (χ0) is 16.9. The highest BCUT2D eigenvalue weighted by atomic mass is 16.5. The van der Waals surface area contributed by atoms with Crippen LogP contribution in [0.2, 0.25) is 0 Å². The number of methoxy groups -OCH3 is 1. The van der Waals surface area contributed by atoms with Gasteiger partial charge in [-0.25, -0.2) is 4.79 Å². The minimum atomic E-state index is -0.231. The van der Waals surface area contributed by atoms with Gasteiger partial charge in [-0.3, -0.25) is 10.00 Å². The van der Waals surface area contributed by atoms with Gasteiger partial charge in [0.15, 0.2) is 0 Å². The Bertz CT molecular complexity index is 707. The molecule has 1 aromatic heterocycles. The van der Waals surface area contributed by atoms with E-state index in [9.17, 15) is 4.79 Å². The Morgan fingerprint density at radius 2 is 2.08 bits per heavy atom. The molecule has 0 atom stereocenters. The maximum atomic E-state index is 12.2. The van der Waals surface area contributed by atoms with E-state index in [1.165, 1.54) is 19.3 Å². The first kappa shape index (κ1) is 16.5. The largest absolute Gasteiger partial charge is 0.380 e. The van der Waals surface area contributed by atoms with Gasteiger partial charge < -0.3 is 10.1 Å². The van der Waals surface area contributed by atoms with Crippen LogP contribution in [0.15, 0.2) is 30.3 Å². The summed E-state index contributed by atoms with van der Waals surface area (Å²) in [5, 5.41) is 10.3. The van der Waals surface area contributed by atoms with E-state index in [-0.39, 0.29) is 6.03 Å². The van der Waals surface area contributed by atoms with E-state index in [1.807, 2.05) is 37.4 Å². The summed E-state index contributed by atoms with van der Waals surface area (Å²) in [7, 11) is 3.52. The van der Waals surface area contributed by atoms with Gasteiger partial charge in [0.2, 0.25) is 0 Å². The molecule has 6 nitrogen and oxygen atoms in total. The Morgan fingerprint density at radius 1 is 1.33 bits per heavy atom. The lowest BCUT2D eigenvalue weighted by Gasteiger charge is -2.22. The van der Waals surface area contributed by atoms with E-state index in [0.29, 0.717) is 19.1 Å². The number of rotatable bonds is 6. The molecule has 1 fully saturated rings. The third-order valence-electron chi connectivity index (χ3n) is 4.52. The fourth-order valence-corrected chi connectivity index (χ4v) is 2.87. The van der Waals surface area contributed by atoms with E-state index >= 15 is 0 Å². The van der Waals surface area contributed by atoms with E-state index < -0.39 is 0 Å². The number of ether oxygens (including phenoxy) is 1. The molecule has 0 bridgehead atoms. The number of anilines is 1. The molecule has 0 unspecified atom stereocenters. The topological polar surface area (TPSA) is 68.2 Å². The lowest BCUT2D eigenvalue weighted by atomic mass is 9.83. The van der Waals surface area contributed by atoms with E-state index in [1.54, 1.807) is 11.8 Å². The van der Waals surface area contributed by atoms with Gasteiger partial charge in [0.25, 0.3) is 0 Å². The Morgan fingerprint density at radius 3 is 2.75 bits per heavy atom. The normalized spacial score (nSPS) is 14.2. The van der Waals surface area contributed by atoms with Gasteiger partial charge in [-0.15, -0.1) is 0 Å². The highest BCUT2D eigenvalue weighted by molar-refractivity contribution is 5.88. The first-order chi connectivity index (χ1) is 11.7. The SMILES string of the molecule is COCc1ccccc1CNC(=O)Nc1cc(C2CCC2)nn1C. The summed E-state index contributed by atoms with van der Waals surface area (Å²) < 4.78 is 6.92. The van der Waals surface area contributed by atoms with Crippen molar-refractivity contribution in [3.63, 3.8) is 0 Å². The zero-order valence-electron chi connectivity index (χ0n) is 14.2. The molecule has 2 aromatic rings. The number of hydrogen-bond donors (Lipinski definition) is 2. The summed E-state index contributed by atoms with van der Waals surface area (Å²) in [6, 6.07) is 9.67. The molecule has 128 valence electrons. The molecule has 1 heterocycles. The lowest BCUT2D eigenvalue weighted by Crippen LogP contribution is -2.29. The minimum Gasteiger partial charge on any atom is -0.380 e. The highest BCUT2D eigenvalue weighted by Crippen LogP contribution is 2.36. The molecule has 0 aliphatic heterocycles. The summed E-state index contributed by atoms with van der Waals surface area (Å²) in [4.78, 5) is 12.2. The van der Waals surface area contributed by atoms with Crippen molar-refractivity contribution in [2.45, 2.75) is 38.3 Å². The molecular formula is C18H24N4O2. The molecule has 0 saturated heterocycles. The van der Waals surface area contributed by atoms with E-state index in [0.717, 1.165) is 22.6 Å². The summed E-state index contributed by atoms with van der Waals surface area (Å²) in [6.45, 7) is 0.991. The molecule has 6 heteroatoms. The van der Waals surface area contributed by atoms with Crippen molar-refractivity contribution in [1.82, 2.24) is 15.1 Å². The van der Waals surface area contributed by atoms with Crippen LogP contribution in [0.3, 0.4) is 0 Å². The number of benzene rings is 1. The van der Waals surface area contributed by atoms with Crippen LogP contribution in [0.4, 0.5) is 10.6 Å². The lowest BCUT2D eigenvalue weighted by molar-refractivity contribution is 0.184. The molecule has 1 aliphatic carbocycles. The number of aromatic nitrogens is 2. The molecule has 1 aliphatic rings. The van der Waals surface area contributed by atoms with E-state index in [4.69, 9.17) is 4.74 Å². The smallest absolute Gasteiger partial charge is 0.320 e. The van der Waals surface area contributed by atoms with Gasteiger partial charge in [-0.05, 0) is 24.0 Å². The Balaban J connectivity index is 1.57. The minimum absolute atomic E-state index is 0.231.